The molecule has 0 radical (unpaired) electrons. The van der Waals surface area contributed by atoms with Crippen molar-refractivity contribution in [3.05, 3.63) is 18.2 Å². The third-order valence-corrected chi connectivity index (χ3v) is 2.89. The van der Waals surface area contributed by atoms with E-state index in [1.165, 1.54) is 10.8 Å². The number of hydrogen-bond donors (Lipinski definition) is 0. The van der Waals surface area contributed by atoms with Crippen LogP contribution in [0.2, 0.25) is 0 Å². The Morgan fingerprint density at radius 2 is 2.00 bits per heavy atom. The highest BCUT2D eigenvalue weighted by Crippen LogP contribution is 2.33. The highest BCUT2D eigenvalue weighted by Gasteiger charge is 2.28. The molecule has 1 aromatic carbocycles. The van der Waals surface area contributed by atoms with Gasteiger partial charge in [-0.3, -0.25) is 0 Å². The van der Waals surface area contributed by atoms with Gasteiger partial charge < -0.3 is 9.47 Å². The number of ether oxygens (including phenoxy) is 2. The lowest BCUT2D eigenvalue weighted by Crippen LogP contribution is -2.27. The molecule has 2 aliphatic heterocycles. The third-order valence-electron chi connectivity index (χ3n) is 2.61. The number of amides is 1. The summed E-state index contributed by atoms with van der Waals surface area (Å²) in [7, 11) is 0. The van der Waals surface area contributed by atoms with E-state index in [2.05, 4.69) is 4.99 Å². The van der Waals surface area contributed by atoms with Crippen LogP contribution in [0.3, 0.4) is 0 Å². The SMILES string of the molecule is O=C1C(=S)N=CC=[N+]1c1ccc2c(c1)OCCO2. The molecule has 0 N–H and O–H groups in total. The molecule has 0 aliphatic carbocycles. The monoisotopic (exact) mass is 261 g/mol. The van der Waals surface area contributed by atoms with Crippen LogP contribution in [-0.2, 0) is 4.79 Å². The Labute approximate surface area is 108 Å². The number of nitrogens with zero attached hydrogens (tertiary/aromatic N) is 2. The van der Waals surface area contributed by atoms with E-state index >= 15 is 0 Å². The van der Waals surface area contributed by atoms with Gasteiger partial charge in [-0.1, -0.05) is 0 Å². The molecule has 1 aromatic rings. The van der Waals surface area contributed by atoms with Crippen LogP contribution in [-0.4, -0.2) is 41.1 Å². The van der Waals surface area contributed by atoms with Gasteiger partial charge in [0, 0.05) is 6.07 Å². The van der Waals surface area contributed by atoms with Crippen LogP contribution in [0, 0.1) is 0 Å². The maximum absolute atomic E-state index is 11.9. The van der Waals surface area contributed by atoms with Crippen LogP contribution < -0.4 is 9.47 Å². The number of carbonyl (C=O) groups is 1. The molecular formula is C12H9N2O3S+. The molecule has 0 saturated heterocycles. The second-order valence-electron chi connectivity index (χ2n) is 3.74. The van der Waals surface area contributed by atoms with Crippen molar-refractivity contribution >= 4 is 41.2 Å². The third kappa shape index (κ3) is 1.80. The molecule has 0 spiro atoms. The Bertz CT molecular complexity index is 607. The quantitative estimate of drug-likeness (QED) is 0.561. The Kier molecular flexibility index (Phi) is 2.64. The first kappa shape index (κ1) is 11.0. The number of fused-ring (bicyclic) bond motifs is 1. The summed E-state index contributed by atoms with van der Waals surface area (Å²) < 4.78 is 12.3. The fraction of sp³-hybridized carbons (Fsp3) is 0.167. The van der Waals surface area contributed by atoms with E-state index in [0.29, 0.717) is 30.4 Å². The predicted molar refractivity (Wildman–Crippen MR) is 69.5 cm³/mol. The van der Waals surface area contributed by atoms with Crippen molar-refractivity contribution in [2.75, 3.05) is 13.2 Å². The van der Waals surface area contributed by atoms with Crippen molar-refractivity contribution in [1.82, 2.24) is 0 Å². The summed E-state index contributed by atoms with van der Waals surface area (Å²) in [5.74, 6) is 1.00. The summed E-state index contributed by atoms with van der Waals surface area (Å²) in [6.07, 6.45) is 3.07. The molecule has 0 fully saturated rings. The fourth-order valence-corrected chi connectivity index (χ4v) is 1.94. The number of carbonyl (C=O) groups excluding carboxylic acids is 1. The maximum Gasteiger partial charge on any atom is 0.454 e. The van der Waals surface area contributed by atoms with E-state index in [1.54, 1.807) is 24.4 Å². The van der Waals surface area contributed by atoms with Crippen molar-refractivity contribution in [2.24, 2.45) is 4.99 Å². The summed E-state index contributed by atoms with van der Waals surface area (Å²) in [4.78, 5) is 15.7. The minimum absolute atomic E-state index is 0.0485. The van der Waals surface area contributed by atoms with Crippen molar-refractivity contribution in [1.29, 1.82) is 0 Å². The van der Waals surface area contributed by atoms with E-state index in [0.717, 1.165) is 0 Å². The van der Waals surface area contributed by atoms with Crippen LogP contribution in [0.15, 0.2) is 23.2 Å². The summed E-state index contributed by atoms with van der Waals surface area (Å²) in [5.41, 5.74) is 0.678. The van der Waals surface area contributed by atoms with Crippen LogP contribution in [0.25, 0.3) is 0 Å². The lowest BCUT2D eigenvalue weighted by Gasteiger charge is -2.17. The number of benzene rings is 1. The van der Waals surface area contributed by atoms with Crippen LogP contribution in [0.5, 0.6) is 11.5 Å². The Morgan fingerprint density at radius 3 is 2.83 bits per heavy atom. The summed E-state index contributed by atoms with van der Waals surface area (Å²) in [6.45, 7) is 1.05. The zero-order chi connectivity index (χ0) is 12.5. The Morgan fingerprint density at radius 1 is 1.22 bits per heavy atom. The number of aliphatic imine (C=N–C) groups is 1. The van der Waals surface area contributed by atoms with E-state index in [9.17, 15) is 4.79 Å². The molecule has 6 heteroatoms. The maximum atomic E-state index is 11.9. The molecule has 2 heterocycles. The smallest absolute Gasteiger partial charge is 0.454 e. The van der Waals surface area contributed by atoms with Crippen molar-refractivity contribution in [3.63, 3.8) is 0 Å². The van der Waals surface area contributed by atoms with Gasteiger partial charge in [-0.15, -0.1) is 4.58 Å². The van der Waals surface area contributed by atoms with Gasteiger partial charge in [-0.2, -0.15) is 0 Å². The van der Waals surface area contributed by atoms with E-state index in [-0.39, 0.29) is 10.9 Å². The predicted octanol–water partition coefficient (Wildman–Crippen LogP) is 1.11. The van der Waals surface area contributed by atoms with Crippen LogP contribution in [0.1, 0.15) is 0 Å². The van der Waals surface area contributed by atoms with Crippen molar-refractivity contribution < 1.29 is 18.8 Å². The molecule has 0 unspecified atom stereocenters. The molecule has 0 aromatic heterocycles. The summed E-state index contributed by atoms with van der Waals surface area (Å²) in [5, 5.41) is 0. The summed E-state index contributed by atoms with van der Waals surface area (Å²) >= 11 is 4.86. The van der Waals surface area contributed by atoms with Gasteiger partial charge in [0.1, 0.15) is 13.2 Å². The zero-order valence-corrected chi connectivity index (χ0v) is 10.1. The second kappa shape index (κ2) is 4.30. The van der Waals surface area contributed by atoms with Crippen molar-refractivity contribution in [2.45, 2.75) is 0 Å². The normalized spacial score (nSPS) is 17.7. The highest BCUT2D eigenvalue weighted by atomic mass is 32.1. The second-order valence-corrected chi connectivity index (χ2v) is 4.12. The van der Waals surface area contributed by atoms with Gasteiger partial charge in [-0.05, 0) is 18.3 Å². The molecule has 2 aliphatic rings. The van der Waals surface area contributed by atoms with Gasteiger partial charge in [0.25, 0.3) is 0 Å². The number of hydrogen-bond acceptors (Lipinski definition) is 4. The minimum Gasteiger partial charge on any atom is -0.486 e. The van der Waals surface area contributed by atoms with Gasteiger partial charge >= 0.3 is 5.91 Å². The average molecular weight is 261 g/mol. The van der Waals surface area contributed by atoms with Gasteiger partial charge in [0.2, 0.25) is 10.7 Å². The lowest BCUT2D eigenvalue weighted by atomic mass is 10.2. The van der Waals surface area contributed by atoms with Gasteiger partial charge in [0.15, 0.2) is 17.7 Å². The first-order valence-corrected chi connectivity index (χ1v) is 5.81. The molecule has 18 heavy (non-hydrogen) atoms. The topological polar surface area (TPSA) is 50.9 Å². The standard InChI is InChI=1S/C12H9N2O3S/c15-12-11(18)13-3-4-14(12)8-1-2-9-10(7-8)17-6-5-16-9/h1-4,7H,5-6H2/q+1. The average Bonchev–Trinajstić information content (AvgIpc) is 2.41. The Balaban J connectivity index is 2.02. The first-order chi connectivity index (χ1) is 8.75. The fourth-order valence-electron chi connectivity index (χ4n) is 1.78. The van der Waals surface area contributed by atoms with E-state index in [4.69, 9.17) is 21.7 Å². The van der Waals surface area contributed by atoms with Crippen molar-refractivity contribution in [3.8, 4) is 11.5 Å². The van der Waals surface area contributed by atoms with E-state index in [1.807, 2.05) is 0 Å². The minimum atomic E-state index is -0.316. The van der Waals surface area contributed by atoms with Gasteiger partial charge in [0.05, 0.1) is 12.3 Å². The van der Waals surface area contributed by atoms with Crippen LogP contribution in [0.4, 0.5) is 5.69 Å². The largest absolute Gasteiger partial charge is 0.486 e. The first-order valence-electron chi connectivity index (χ1n) is 5.40. The molecule has 3 rings (SSSR count). The number of rotatable bonds is 1. The molecule has 0 atom stereocenters. The molecular weight excluding hydrogens is 252 g/mol. The van der Waals surface area contributed by atoms with Crippen LogP contribution >= 0.6 is 12.2 Å². The highest BCUT2D eigenvalue weighted by molar-refractivity contribution is 7.82. The molecule has 0 saturated carbocycles. The molecule has 1 amide bonds. The lowest BCUT2D eigenvalue weighted by molar-refractivity contribution is -0.351. The Hall–Kier alpha value is -2.08. The zero-order valence-electron chi connectivity index (χ0n) is 9.33. The van der Waals surface area contributed by atoms with Gasteiger partial charge in [-0.25, -0.2) is 9.79 Å². The van der Waals surface area contributed by atoms with E-state index < -0.39 is 0 Å². The summed E-state index contributed by atoms with van der Waals surface area (Å²) in [6, 6.07) is 5.31. The molecule has 0 bridgehead atoms. The molecule has 5 nitrogen and oxygen atoms in total. The molecule has 90 valence electrons. The number of thiocarbonyl (C=S) groups is 1.